The van der Waals surface area contributed by atoms with E-state index in [0.29, 0.717) is 6.04 Å². The fraction of sp³-hybridized carbons (Fsp3) is 0.500. The van der Waals surface area contributed by atoms with E-state index in [9.17, 15) is 4.79 Å². The van der Waals surface area contributed by atoms with E-state index in [2.05, 4.69) is 11.9 Å². The third kappa shape index (κ3) is 0.886. The van der Waals surface area contributed by atoms with E-state index in [4.69, 9.17) is 0 Å². The Balaban J connectivity index is 2.15. The molecule has 1 rings (SSSR count). The molecule has 0 aromatic rings. The molecule has 0 spiro atoms. The Morgan fingerprint density at radius 2 is 2.38 bits per heavy atom. The van der Waals surface area contributed by atoms with Crippen LogP contribution in [0.4, 0.5) is 0 Å². The minimum Gasteiger partial charge on any atom is -0.355 e. The molecule has 0 aliphatic heterocycles. The van der Waals surface area contributed by atoms with Crippen molar-refractivity contribution in [1.82, 2.24) is 5.32 Å². The zero-order valence-electron chi connectivity index (χ0n) is 4.68. The van der Waals surface area contributed by atoms with Gasteiger partial charge in [-0.1, -0.05) is 12.2 Å². The largest absolute Gasteiger partial charge is 0.355 e. The molecule has 1 aliphatic rings. The molecule has 1 N–H and O–H groups in total. The fourth-order valence-corrected chi connectivity index (χ4v) is 0.851. The molecule has 0 heterocycles. The number of rotatable bonds is 2. The number of hydrogen-bond donors (Lipinski definition) is 1. The predicted molar refractivity (Wildman–Crippen MR) is 31.4 cm³/mol. The second kappa shape index (κ2) is 1.99. The van der Waals surface area contributed by atoms with Crippen molar-refractivity contribution in [1.29, 1.82) is 0 Å². The van der Waals surface area contributed by atoms with Crippen molar-refractivity contribution in [3.63, 3.8) is 0 Å². The molecular weight excluding hydrogens is 102 g/mol. The van der Waals surface area contributed by atoms with Gasteiger partial charge in [-0.05, 0) is 12.8 Å². The maximum absolute atomic E-state index is 9.77. The fourth-order valence-electron chi connectivity index (χ4n) is 0.851. The molecule has 0 radical (unpaired) electrons. The molecule has 44 valence electrons. The van der Waals surface area contributed by atoms with E-state index < -0.39 is 0 Å². The van der Waals surface area contributed by atoms with Gasteiger partial charge >= 0.3 is 0 Å². The number of hydrogen-bond acceptors (Lipinski definition) is 1. The van der Waals surface area contributed by atoms with Crippen LogP contribution in [0.2, 0.25) is 0 Å². The van der Waals surface area contributed by atoms with Gasteiger partial charge in [-0.15, -0.1) is 0 Å². The standard InChI is InChI=1S/C6H9NO/c1-5-2-6(3-5)7-4-8/h4,6H,1-3H2,(H,7,8). The zero-order chi connectivity index (χ0) is 5.98. The molecule has 2 nitrogen and oxygen atoms in total. The summed E-state index contributed by atoms with van der Waals surface area (Å²) in [6, 6.07) is 0.389. The Morgan fingerprint density at radius 3 is 2.75 bits per heavy atom. The van der Waals surface area contributed by atoms with Crippen molar-refractivity contribution in [3.05, 3.63) is 12.2 Å². The first-order chi connectivity index (χ1) is 3.83. The number of nitrogens with one attached hydrogen (secondary N) is 1. The molecule has 1 fully saturated rings. The van der Waals surface area contributed by atoms with Crippen LogP contribution in [0.15, 0.2) is 12.2 Å². The predicted octanol–water partition coefficient (Wildman–Crippen LogP) is 0.451. The SMILES string of the molecule is C=C1CC(NC=O)C1. The van der Waals surface area contributed by atoms with Gasteiger partial charge < -0.3 is 5.32 Å². The average Bonchev–Trinajstić information content (AvgIpc) is 1.64. The van der Waals surface area contributed by atoms with Crippen molar-refractivity contribution in [2.75, 3.05) is 0 Å². The minimum atomic E-state index is 0.389. The molecule has 0 saturated heterocycles. The molecule has 2 heteroatoms. The lowest BCUT2D eigenvalue weighted by atomic mass is 9.88. The van der Waals surface area contributed by atoms with Crippen molar-refractivity contribution >= 4 is 6.41 Å². The van der Waals surface area contributed by atoms with Crippen LogP contribution in [0.25, 0.3) is 0 Å². The van der Waals surface area contributed by atoms with Gasteiger partial charge in [0.2, 0.25) is 6.41 Å². The molecule has 0 bridgehead atoms. The van der Waals surface area contributed by atoms with Crippen molar-refractivity contribution in [3.8, 4) is 0 Å². The first-order valence-corrected chi connectivity index (χ1v) is 2.69. The summed E-state index contributed by atoms with van der Waals surface area (Å²) < 4.78 is 0. The quantitative estimate of drug-likeness (QED) is 0.407. The highest BCUT2D eigenvalue weighted by molar-refractivity contribution is 5.47. The Labute approximate surface area is 48.6 Å². The molecule has 0 aromatic carbocycles. The molecule has 1 aliphatic carbocycles. The second-order valence-corrected chi connectivity index (χ2v) is 2.14. The van der Waals surface area contributed by atoms with Crippen molar-refractivity contribution in [2.45, 2.75) is 18.9 Å². The van der Waals surface area contributed by atoms with Crippen LogP contribution in [0.5, 0.6) is 0 Å². The smallest absolute Gasteiger partial charge is 0.207 e. The van der Waals surface area contributed by atoms with Crippen LogP contribution in [0, 0.1) is 0 Å². The zero-order valence-corrected chi connectivity index (χ0v) is 4.68. The average molecular weight is 111 g/mol. The van der Waals surface area contributed by atoms with Crippen LogP contribution in [-0.2, 0) is 4.79 Å². The Bertz CT molecular complexity index is 109. The van der Waals surface area contributed by atoms with E-state index in [1.165, 1.54) is 5.57 Å². The van der Waals surface area contributed by atoms with Gasteiger partial charge in [0.05, 0.1) is 0 Å². The van der Waals surface area contributed by atoms with Crippen LogP contribution >= 0.6 is 0 Å². The lowest BCUT2D eigenvalue weighted by Crippen LogP contribution is -2.35. The van der Waals surface area contributed by atoms with Gasteiger partial charge in [0.1, 0.15) is 0 Å². The van der Waals surface area contributed by atoms with E-state index in [-0.39, 0.29) is 0 Å². The first kappa shape index (κ1) is 5.35. The number of carbonyl (C=O) groups is 1. The molecule has 1 saturated carbocycles. The van der Waals surface area contributed by atoms with Crippen LogP contribution in [0.1, 0.15) is 12.8 Å². The highest BCUT2D eigenvalue weighted by atomic mass is 16.1. The summed E-state index contributed by atoms with van der Waals surface area (Å²) in [5.74, 6) is 0. The second-order valence-electron chi connectivity index (χ2n) is 2.14. The maximum atomic E-state index is 9.77. The van der Waals surface area contributed by atoms with Gasteiger partial charge in [-0.25, -0.2) is 0 Å². The summed E-state index contributed by atoms with van der Waals surface area (Å²) in [5.41, 5.74) is 1.24. The molecule has 8 heavy (non-hydrogen) atoms. The monoisotopic (exact) mass is 111 g/mol. The normalized spacial score (nSPS) is 19.8. The highest BCUT2D eigenvalue weighted by Gasteiger charge is 2.19. The third-order valence-electron chi connectivity index (χ3n) is 1.37. The molecular formula is C6H9NO. The Kier molecular flexibility index (Phi) is 1.33. The van der Waals surface area contributed by atoms with Gasteiger partial charge in [-0.3, -0.25) is 4.79 Å². The first-order valence-electron chi connectivity index (χ1n) is 2.69. The van der Waals surface area contributed by atoms with Crippen LogP contribution < -0.4 is 5.32 Å². The van der Waals surface area contributed by atoms with Gasteiger partial charge in [0.25, 0.3) is 0 Å². The number of carbonyl (C=O) groups excluding carboxylic acids is 1. The molecule has 0 aromatic heterocycles. The topological polar surface area (TPSA) is 29.1 Å². The van der Waals surface area contributed by atoms with Gasteiger partial charge in [-0.2, -0.15) is 0 Å². The summed E-state index contributed by atoms with van der Waals surface area (Å²) >= 11 is 0. The summed E-state index contributed by atoms with van der Waals surface area (Å²) in [6.07, 6.45) is 2.69. The lowest BCUT2D eigenvalue weighted by molar-refractivity contribution is -0.110. The number of amides is 1. The van der Waals surface area contributed by atoms with Crippen LogP contribution in [-0.4, -0.2) is 12.5 Å². The molecule has 0 atom stereocenters. The van der Waals surface area contributed by atoms with Crippen LogP contribution in [0.3, 0.4) is 0 Å². The lowest BCUT2D eigenvalue weighted by Gasteiger charge is -2.27. The highest BCUT2D eigenvalue weighted by Crippen LogP contribution is 2.23. The Morgan fingerprint density at radius 1 is 1.75 bits per heavy atom. The van der Waals surface area contributed by atoms with E-state index in [1.54, 1.807) is 0 Å². The summed E-state index contributed by atoms with van der Waals surface area (Å²) in [4.78, 5) is 9.77. The third-order valence-corrected chi connectivity index (χ3v) is 1.37. The van der Waals surface area contributed by atoms with Gasteiger partial charge in [0, 0.05) is 6.04 Å². The van der Waals surface area contributed by atoms with Crippen molar-refractivity contribution in [2.24, 2.45) is 0 Å². The van der Waals surface area contributed by atoms with Crippen molar-refractivity contribution < 1.29 is 4.79 Å². The van der Waals surface area contributed by atoms with E-state index >= 15 is 0 Å². The maximum Gasteiger partial charge on any atom is 0.207 e. The molecule has 0 unspecified atom stereocenters. The molecule has 1 amide bonds. The summed E-state index contributed by atoms with van der Waals surface area (Å²) in [5, 5.41) is 2.67. The Hall–Kier alpha value is -0.790. The summed E-state index contributed by atoms with van der Waals surface area (Å²) in [7, 11) is 0. The summed E-state index contributed by atoms with van der Waals surface area (Å²) in [6.45, 7) is 3.74. The minimum absolute atomic E-state index is 0.389. The van der Waals surface area contributed by atoms with E-state index in [0.717, 1.165) is 19.3 Å². The van der Waals surface area contributed by atoms with Gasteiger partial charge in [0.15, 0.2) is 0 Å². The van der Waals surface area contributed by atoms with E-state index in [1.807, 2.05) is 0 Å².